The van der Waals surface area contributed by atoms with Gasteiger partial charge in [-0.2, -0.15) is 0 Å². The fourth-order valence-corrected chi connectivity index (χ4v) is 4.46. The number of ether oxygens (including phenoxy) is 1. The van der Waals surface area contributed by atoms with Gasteiger partial charge in [0.05, 0.1) is 6.61 Å². The summed E-state index contributed by atoms with van der Waals surface area (Å²) in [4.78, 5) is 19.8. The molecule has 2 heterocycles. The smallest absolute Gasteiger partial charge is 0.253 e. The molecule has 0 aliphatic carbocycles. The van der Waals surface area contributed by atoms with Crippen LogP contribution in [0.25, 0.3) is 0 Å². The molecule has 0 bridgehead atoms. The van der Waals surface area contributed by atoms with Gasteiger partial charge in [0.1, 0.15) is 5.82 Å². The van der Waals surface area contributed by atoms with Crippen LogP contribution in [0.15, 0.2) is 60.7 Å². The summed E-state index contributed by atoms with van der Waals surface area (Å²) in [6.45, 7) is 3.95. The van der Waals surface area contributed by atoms with E-state index in [0.717, 1.165) is 47.5 Å². The lowest BCUT2D eigenvalue weighted by molar-refractivity contribution is 0.0706. The lowest BCUT2D eigenvalue weighted by Crippen LogP contribution is -2.39. The lowest BCUT2D eigenvalue weighted by atomic mass is 9.92. The average molecular weight is 433 g/mol. The zero-order chi connectivity index (χ0) is 22.5. The molecule has 1 fully saturated rings. The predicted molar refractivity (Wildman–Crippen MR) is 123 cm³/mol. The number of hydrogen-bond acceptors (Lipinski definition) is 3. The van der Waals surface area contributed by atoms with Crippen molar-refractivity contribution >= 4 is 5.91 Å². The van der Waals surface area contributed by atoms with E-state index in [1.807, 2.05) is 42.2 Å². The second kappa shape index (κ2) is 10.0. The second-order valence-corrected chi connectivity index (χ2v) is 8.57. The third-order valence-electron chi connectivity index (χ3n) is 5.97. The van der Waals surface area contributed by atoms with Crippen LogP contribution in [0.1, 0.15) is 57.2 Å². The van der Waals surface area contributed by atoms with Crippen LogP contribution in [0, 0.1) is 12.7 Å². The summed E-state index contributed by atoms with van der Waals surface area (Å²) in [5.41, 5.74) is 5.79. The summed E-state index contributed by atoms with van der Waals surface area (Å²) in [7, 11) is 1.66. The van der Waals surface area contributed by atoms with Gasteiger partial charge >= 0.3 is 0 Å². The highest BCUT2D eigenvalue weighted by atomic mass is 19.1. The molecule has 0 unspecified atom stereocenters. The molecule has 3 aromatic rings. The average Bonchev–Trinajstić information content (AvgIpc) is 2.79. The Hall–Kier alpha value is -3.05. The van der Waals surface area contributed by atoms with Crippen LogP contribution in [-0.2, 0) is 17.8 Å². The Labute approximate surface area is 189 Å². The van der Waals surface area contributed by atoms with Gasteiger partial charge in [-0.1, -0.05) is 24.3 Å². The molecular formula is C27H29FN2O2. The highest BCUT2D eigenvalue weighted by Gasteiger charge is 2.26. The molecule has 1 saturated heterocycles. The van der Waals surface area contributed by atoms with Crippen LogP contribution in [0.2, 0.25) is 0 Å². The van der Waals surface area contributed by atoms with Crippen molar-refractivity contribution in [1.82, 2.24) is 9.88 Å². The van der Waals surface area contributed by atoms with E-state index in [0.29, 0.717) is 25.1 Å². The molecule has 1 atom stereocenters. The second-order valence-electron chi connectivity index (χ2n) is 8.57. The van der Waals surface area contributed by atoms with Crippen LogP contribution in [-0.4, -0.2) is 36.0 Å². The summed E-state index contributed by atoms with van der Waals surface area (Å²) in [6, 6.07) is 18.5. The van der Waals surface area contributed by atoms with Crippen LogP contribution in [0.4, 0.5) is 4.39 Å². The molecule has 1 aliphatic rings. The molecule has 0 radical (unpaired) electrons. The van der Waals surface area contributed by atoms with Crippen molar-refractivity contribution in [2.75, 3.05) is 20.2 Å². The Morgan fingerprint density at radius 3 is 2.66 bits per heavy atom. The van der Waals surface area contributed by atoms with Gasteiger partial charge in [0.25, 0.3) is 5.91 Å². The molecule has 166 valence electrons. The quantitative estimate of drug-likeness (QED) is 0.532. The highest BCUT2D eigenvalue weighted by molar-refractivity contribution is 5.94. The third-order valence-corrected chi connectivity index (χ3v) is 5.97. The summed E-state index contributed by atoms with van der Waals surface area (Å²) < 4.78 is 18.7. The van der Waals surface area contributed by atoms with Gasteiger partial charge in [0, 0.05) is 43.1 Å². The number of methoxy groups -OCH3 is 1. The van der Waals surface area contributed by atoms with Crippen molar-refractivity contribution in [3.63, 3.8) is 0 Å². The molecule has 32 heavy (non-hydrogen) atoms. The standard InChI is InChI=1S/C27H29FN2O2/c1-19-13-22(14-21-5-3-7-25(28)15-21)16-26(29-19)24-6-4-12-30(17-24)27(31)23-10-8-20(9-11-23)18-32-2/h3,5,7-11,13,15-16,24H,4,6,12,14,17-18H2,1-2H3/t24-/m0/s1. The van der Waals surface area contributed by atoms with E-state index >= 15 is 0 Å². The number of amides is 1. The first-order chi connectivity index (χ1) is 15.5. The molecular weight excluding hydrogens is 403 g/mol. The molecule has 1 amide bonds. The van der Waals surface area contributed by atoms with E-state index in [1.54, 1.807) is 19.2 Å². The molecule has 2 aromatic carbocycles. The van der Waals surface area contributed by atoms with Crippen LogP contribution >= 0.6 is 0 Å². The monoisotopic (exact) mass is 432 g/mol. The van der Waals surface area contributed by atoms with E-state index in [4.69, 9.17) is 9.72 Å². The van der Waals surface area contributed by atoms with Crippen molar-refractivity contribution in [2.45, 2.75) is 38.7 Å². The Kier molecular flexibility index (Phi) is 6.96. The maximum absolute atomic E-state index is 13.6. The van der Waals surface area contributed by atoms with Gasteiger partial charge in [-0.15, -0.1) is 0 Å². The fourth-order valence-electron chi connectivity index (χ4n) is 4.46. The van der Waals surface area contributed by atoms with E-state index in [-0.39, 0.29) is 17.6 Å². The molecule has 4 nitrogen and oxygen atoms in total. The summed E-state index contributed by atoms with van der Waals surface area (Å²) in [5.74, 6) is 0.0446. The summed E-state index contributed by atoms with van der Waals surface area (Å²) >= 11 is 0. The molecule has 0 N–H and O–H groups in total. The number of likely N-dealkylation sites (tertiary alicyclic amines) is 1. The van der Waals surface area contributed by atoms with E-state index < -0.39 is 0 Å². The molecule has 0 spiro atoms. The number of carbonyl (C=O) groups is 1. The van der Waals surface area contributed by atoms with Crippen molar-refractivity contribution in [3.8, 4) is 0 Å². The van der Waals surface area contributed by atoms with Gasteiger partial charge in [-0.3, -0.25) is 9.78 Å². The van der Waals surface area contributed by atoms with E-state index in [1.165, 1.54) is 6.07 Å². The Balaban J connectivity index is 1.49. The van der Waals surface area contributed by atoms with Crippen LogP contribution in [0.3, 0.4) is 0 Å². The Morgan fingerprint density at radius 2 is 1.91 bits per heavy atom. The first-order valence-electron chi connectivity index (χ1n) is 11.1. The van der Waals surface area contributed by atoms with Gasteiger partial charge in [-0.05, 0) is 79.3 Å². The number of nitrogens with zero attached hydrogens (tertiary/aromatic N) is 2. The molecule has 1 aliphatic heterocycles. The Bertz CT molecular complexity index is 1080. The summed E-state index contributed by atoms with van der Waals surface area (Å²) in [6.07, 6.45) is 2.62. The minimum atomic E-state index is -0.217. The number of rotatable bonds is 6. The summed E-state index contributed by atoms with van der Waals surface area (Å²) in [5, 5.41) is 0. The van der Waals surface area contributed by atoms with Crippen molar-refractivity contribution in [2.24, 2.45) is 0 Å². The first-order valence-corrected chi connectivity index (χ1v) is 11.1. The predicted octanol–water partition coefficient (Wildman–Crippen LogP) is 5.29. The highest BCUT2D eigenvalue weighted by Crippen LogP contribution is 2.28. The van der Waals surface area contributed by atoms with Crippen LogP contribution in [0.5, 0.6) is 0 Å². The Morgan fingerprint density at radius 1 is 1.09 bits per heavy atom. The van der Waals surface area contributed by atoms with E-state index in [9.17, 15) is 9.18 Å². The largest absolute Gasteiger partial charge is 0.380 e. The molecule has 5 heteroatoms. The number of aromatic nitrogens is 1. The van der Waals surface area contributed by atoms with Gasteiger partial charge < -0.3 is 9.64 Å². The number of hydrogen-bond donors (Lipinski definition) is 0. The SMILES string of the molecule is COCc1ccc(C(=O)N2CCC[C@H](c3cc(Cc4cccc(F)c4)cc(C)n3)C2)cc1. The molecule has 0 saturated carbocycles. The number of pyridine rings is 1. The van der Waals surface area contributed by atoms with Crippen molar-refractivity contribution in [1.29, 1.82) is 0 Å². The molecule has 1 aromatic heterocycles. The lowest BCUT2D eigenvalue weighted by Gasteiger charge is -2.33. The van der Waals surface area contributed by atoms with Gasteiger partial charge in [-0.25, -0.2) is 4.39 Å². The van der Waals surface area contributed by atoms with Gasteiger partial charge in [0.15, 0.2) is 0 Å². The number of halogens is 1. The van der Waals surface area contributed by atoms with Crippen LogP contribution < -0.4 is 0 Å². The first kappa shape index (κ1) is 22.2. The van der Waals surface area contributed by atoms with Crippen molar-refractivity contribution < 1.29 is 13.9 Å². The zero-order valence-electron chi connectivity index (χ0n) is 18.7. The normalized spacial score (nSPS) is 16.2. The number of piperidine rings is 1. The van der Waals surface area contributed by atoms with Gasteiger partial charge in [0.2, 0.25) is 0 Å². The van der Waals surface area contributed by atoms with Crippen molar-refractivity contribution in [3.05, 3.63) is 100 Å². The number of benzene rings is 2. The zero-order valence-corrected chi connectivity index (χ0v) is 18.7. The number of carbonyl (C=O) groups excluding carboxylic acids is 1. The third kappa shape index (κ3) is 5.40. The molecule has 4 rings (SSSR count). The number of aryl methyl sites for hydroxylation is 1. The minimum Gasteiger partial charge on any atom is -0.380 e. The van der Waals surface area contributed by atoms with E-state index in [2.05, 4.69) is 12.1 Å². The maximum Gasteiger partial charge on any atom is 0.253 e. The maximum atomic E-state index is 13.6. The minimum absolute atomic E-state index is 0.0614. The topological polar surface area (TPSA) is 42.4 Å². The fraction of sp³-hybridized carbons (Fsp3) is 0.333.